The quantitative estimate of drug-likeness (QED) is 0.622. The van der Waals surface area contributed by atoms with Crippen LogP contribution in [-0.4, -0.2) is 16.2 Å². The number of rotatable bonds is 1. The van der Waals surface area contributed by atoms with Gasteiger partial charge in [0, 0.05) is 19.0 Å². The highest BCUT2D eigenvalue weighted by atomic mass is 16.5. The van der Waals surface area contributed by atoms with E-state index in [2.05, 4.69) is 4.98 Å². The molecule has 0 aromatic carbocycles. The van der Waals surface area contributed by atoms with E-state index in [0.717, 1.165) is 19.4 Å². The first-order chi connectivity index (χ1) is 5.92. The maximum atomic E-state index is 8.68. The normalized spacial score (nSPS) is 22.4. The minimum atomic E-state index is 0.0298. The first kappa shape index (κ1) is 7.32. The fraction of sp³-hybridized carbons (Fsp3) is 0.500. The molecule has 0 N–H and O–H groups in total. The van der Waals surface area contributed by atoms with Gasteiger partial charge in [-0.3, -0.25) is 4.57 Å². The van der Waals surface area contributed by atoms with Crippen molar-refractivity contribution in [3.05, 3.63) is 18.2 Å². The van der Waals surface area contributed by atoms with E-state index in [4.69, 9.17) is 10.00 Å². The number of aromatic nitrogens is 2. The summed E-state index contributed by atoms with van der Waals surface area (Å²) >= 11 is 0. The van der Waals surface area contributed by atoms with Gasteiger partial charge in [0.1, 0.15) is 12.3 Å². The van der Waals surface area contributed by atoms with Crippen molar-refractivity contribution in [2.45, 2.75) is 19.1 Å². The van der Waals surface area contributed by atoms with Gasteiger partial charge in [0.15, 0.2) is 0 Å². The maximum Gasteiger partial charge on any atom is 0.214 e. The van der Waals surface area contributed by atoms with Crippen molar-refractivity contribution in [2.24, 2.45) is 0 Å². The molecule has 0 saturated carbocycles. The molecule has 4 nitrogen and oxygen atoms in total. The standard InChI is InChI=1S/C8H9N3O/c9-6-7-10-3-4-11(7)8-2-1-5-12-8/h3-4,8H,1-2,5H2. The maximum absolute atomic E-state index is 8.68. The Balaban J connectivity index is 2.27. The topological polar surface area (TPSA) is 50.8 Å². The van der Waals surface area contributed by atoms with E-state index in [-0.39, 0.29) is 6.23 Å². The van der Waals surface area contributed by atoms with Gasteiger partial charge in [0.25, 0.3) is 0 Å². The Kier molecular flexibility index (Phi) is 1.80. The minimum absolute atomic E-state index is 0.0298. The molecule has 2 heterocycles. The third kappa shape index (κ3) is 1.08. The molecule has 12 heavy (non-hydrogen) atoms. The lowest BCUT2D eigenvalue weighted by Crippen LogP contribution is -2.08. The Bertz CT molecular complexity index is 306. The largest absolute Gasteiger partial charge is 0.358 e. The number of hydrogen-bond acceptors (Lipinski definition) is 3. The van der Waals surface area contributed by atoms with Crippen LogP contribution in [0, 0.1) is 11.3 Å². The molecule has 1 aliphatic heterocycles. The second kappa shape index (κ2) is 2.95. The lowest BCUT2D eigenvalue weighted by Gasteiger charge is -2.10. The van der Waals surface area contributed by atoms with Crippen LogP contribution in [0.25, 0.3) is 0 Å². The van der Waals surface area contributed by atoms with E-state index in [0.29, 0.717) is 5.82 Å². The number of nitriles is 1. The van der Waals surface area contributed by atoms with E-state index in [9.17, 15) is 0 Å². The molecule has 4 heteroatoms. The first-order valence-corrected chi connectivity index (χ1v) is 3.96. The van der Waals surface area contributed by atoms with Crippen LogP contribution in [-0.2, 0) is 4.74 Å². The highest BCUT2D eigenvalue weighted by Crippen LogP contribution is 2.23. The second-order valence-corrected chi connectivity index (χ2v) is 2.74. The highest BCUT2D eigenvalue weighted by Gasteiger charge is 2.19. The molecule has 0 aliphatic carbocycles. The van der Waals surface area contributed by atoms with Gasteiger partial charge in [-0.05, 0) is 12.8 Å². The molecule has 1 unspecified atom stereocenters. The number of hydrogen-bond donors (Lipinski definition) is 0. The Labute approximate surface area is 70.4 Å². The third-order valence-electron chi connectivity index (χ3n) is 1.98. The summed E-state index contributed by atoms with van der Waals surface area (Å²) in [6, 6.07) is 2.02. The van der Waals surface area contributed by atoms with E-state index >= 15 is 0 Å². The molecule has 2 rings (SSSR count). The summed E-state index contributed by atoms with van der Waals surface area (Å²) in [6.07, 6.45) is 5.48. The monoisotopic (exact) mass is 163 g/mol. The molecule has 1 atom stereocenters. The fourth-order valence-corrected chi connectivity index (χ4v) is 1.41. The Hall–Kier alpha value is -1.34. The molecule has 1 aliphatic rings. The van der Waals surface area contributed by atoms with E-state index in [1.165, 1.54) is 0 Å². The van der Waals surface area contributed by atoms with Gasteiger partial charge in [-0.1, -0.05) is 0 Å². The molecule has 0 amide bonds. The molecule has 1 aromatic rings. The molecule has 62 valence electrons. The summed E-state index contributed by atoms with van der Waals surface area (Å²) in [6.45, 7) is 0.785. The molecule has 0 spiro atoms. The zero-order chi connectivity index (χ0) is 8.39. The molecule has 1 aromatic heterocycles. The van der Waals surface area contributed by atoms with Gasteiger partial charge in [0.05, 0.1) is 0 Å². The lowest BCUT2D eigenvalue weighted by molar-refractivity contribution is 0.0559. The van der Waals surface area contributed by atoms with Crippen molar-refractivity contribution < 1.29 is 4.74 Å². The Morgan fingerprint density at radius 3 is 3.33 bits per heavy atom. The number of ether oxygens (including phenoxy) is 1. The Morgan fingerprint density at radius 2 is 2.67 bits per heavy atom. The van der Waals surface area contributed by atoms with Crippen LogP contribution in [0.3, 0.4) is 0 Å². The van der Waals surface area contributed by atoms with Crippen molar-refractivity contribution >= 4 is 0 Å². The van der Waals surface area contributed by atoms with E-state index in [1.807, 2.05) is 6.07 Å². The fourth-order valence-electron chi connectivity index (χ4n) is 1.41. The van der Waals surface area contributed by atoms with Crippen LogP contribution >= 0.6 is 0 Å². The van der Waals surface area contributed by atoms with Crippen LogP contribution in [0.1, 0.15) is 24.9 Å². The SMILES string of the molecule is N#Cc1nccn1C1CCCO1. The van der Waals surface area contributed by atoms with Gasteiger partial charge < -0.3 is 4.74 Å². The number of nitrogens with zero attached hydrogens (tertiary/aromatic N) is 3. The van der Waals surface area contributed by atoms with E-state index in [1.54, 1.807) is 17.0 Å². The molecule has 1 fully saturated rings. The van der Waals surface area contributed by atoms with Gasteiger partial charge in [0.2, 0.25) is 5.82 Å². The predicted molar refractivity (Wildman–Crippen MR) is 41.2 cm³/mol. The summed E-state index contributed by atoms with van der Waals surface area (Å²) in [5.74, 6) is 0.432. The van der Waals surface area contributed by atoms with Crippen LogP contribution in [0.4, 0.5) is 0 Å². The first-order valence-electron chi connectivity index (χ1n) is 3.96. The summed E-state index contributed by atoms with van der Waals surface area (Å²) in [4.78, 5) is 3.90. The summed E-state index contributed by atoms with van der Waals surface area (Å²) < 4.78 is 7.20. The second-order valence-electron chi connectivity index (χ2n) is 2.74. The van der Waals surface area contributed by atoms with Crippen LogP contribution in [0.5, 0.6) is 0 Å². The van der Waals surface area contributed by atoms with E-state index < -0.39 is 0 Å². The molecule has 0 radical (unpaired) electrons. The van der Waals surface area contributed by atoms with Crippen molar-refractivity contribution in [3.8, 4) is 6.07 Å². The zero-order valence-corrected chi connectivity index (χ0v) is 6.60. The van der Waals surface area contributed by atoms with Crippen molar-refractivity contribution in [3.63, 3.8) is 0 Å². The number of imidazole rings is 1. The van der Waals surface area contributed by atoms with Gasteiger partial charge in [-0.25, -0.2) is 4.98 Å². The molecular weight excluding hydrogens is 154 g/mol. The predicted octanol–water partition coefficient (Wildman–Crippen LogP) is 1.06. The van der Waals surface area contributed by atoms with Gasteiger partial charge in [-0.15, -0.1) is 0 Å². The lowest BCUT2D eigenvalue weighted by atomic mass is 10.3. The minimum Gasteiger partial charge on any atom is -0.358 e. The molecule has 0 bridgehead atoms. The average Bonchev–Trinajstić information content (AvgIpc) is 2.74. The van der Waals surface area contributed by atoms with Crippen LogP contribution in [0.15, 0.2) is 12.4 Å². The molecule has 1 saturated heterocycles. The van der Waals surface area contributed by atoms with Crippen LogP contribution in [0.2, 0.25) is 0 Å². The highest BCUT2D eigenvalue weighted by molar-refractivity contribution is 5.11. The third-order valence-corrected chi connectivity index (χ3v) is 1.98. The van der Waals surface area contributed by atoms with Crippen molar-refractivity contribution in [1.29, 1.82) is 5.26 Å². The smallest absolute Gasteiger partial charge is 0.214 e. The summed E-state index contributed by atoms with van der Waals surface area (Å²) in [5.41, 5.74) is 0. The molecular formula is C8H9N3O. The van der Waals surface area contributed by atoms with Gasteiger partial charge in [-0.2, -0.15) is 5.26 Å². The summed E-state index contributed by atoms with van der Waals surface area (Å²) in [5, 5.41) is 8.68. The van der Waals surface area contributed by atoms with Crippen molar-refractivity contribution in [1.82, 2.24) is 9.55 Å². The van der Waals surface area contributed by atoms with Crippen LogP contribution < -0.4 is 0 Å². The summed E-state index contributed by atoms with van der Waals surface area (Å²) in [7, 11) is 0. The Morgan fingerprint density at radius 1 is 1.75 bits per heavy atom. The van der Waals surface area contributed by atoms with Gasteiger partial charge >= 0.3 is 0 Å². The zero-order valence-electron chi connectivity index (χ0n) is 6.60. The van der Waals surface area contributed by atoms with Crippen molar-refractivity contribution in [2.75, 3.05) is 6.61 Å². The average molecular weight is 163 g/mol.